The molecule has 0 unspecified atom stereocenters. The number of anilines is 2. The zero-order chi connectivity index (χ0) is 19.5. The van der Waals surface area contributed by atoms with E-state index in [-0.39, 0.29) is 11.8 Å². The van der Waals surface area contributed by atoms with Crippen LogP contribution in [0.2, 0.25) is 0 Å². The summed E-state index contributed by atoms with van der Waals surface area (Å²) in [5.74, 6) is 2.18. The average molecular weight is 387 g/mol. The number of nitrogens with zero attached hydrogens (tertiary/aromatic N) is 4. The Bertz CT molecular complexity index is 669. The summed E-state index contributed by atoms with van der Waals surface area (Å²) in [5, 5.41) is 6.55. The maximum absolute atomic E-state index is 12.5. The average Bonchev–Trinajstić information content (AvgIpc) is 3.52. The molecule has 0 radical (unpaired) electrons. The van der Waals surface area contributed by atoms with Gasteiger partial charge in [0, 0.05) is 44.0 Å². The number of likely N-dealkylation sites (tertiary alicyclic amines) is 1. The van der Waals surface area contributed by atoms with Crippen molar-refractivity contribution in [2.75, 3.05) is 36.4 Å². The van der Waals surface area contributed by atoms with Crippen molar-refractivity contribution in [3.63, 3.8) is 0 Å². The molecule has 3 fully saturated rings. The Morgan fingerprint density at radius 1 is 1.14 bits per heavy atom. The number of nitrogens with one attached hydrogen (secondary N) is 2. The predicted octanol–water partition coefficient (Wildman–Crippen LogP) is 2.26. The highest BCUT2D eigenvalue weighted by atomic mass is 16.2. The van der Waals surface area contributed by atoms with Gasteiger partial charge in [0.25, 0.3) is 0 Å². The molecule has 2 N–H and O–H groups in total. The third kappa shape index (κ3) is 4.93. The van der Waals surface area contributed by atoms with Gasteiger partial charge in [-0.2, -0.15) is 4.98 Å². The SMILES string of the molecule is CC(C)Nc1ccnc(N2CCC(N3CCC[C@@H](C(=O)NC4CC4)C3)CC2)n1. The number of hydrogen-bond donors (Lipinski definition) is 2. The van der Waals surface area contributed by atoms with Gasteiger partial charge in [-0.3, -0.25) is 9.69 Å². The van der Waals surface area contributed by atoms with Crippen molar-refractivity contribution < 1.29 is 4.79 Å². The molecule has 28 heavy (non-hydrogen) atoms. The van der Waals surface area contributed by atoms with Crippen molar-refractivity contribution >= 4 is 17.7 Å². The first-order valence-electron chi connectivity index (χ1n) is 11.0. The third-order valence-corrected chi connectivity index (χ3v) is 6.09. The van der Waals surface area contributed by atoms with E-state index in [1.165, 1.54) is 0 Å². The first-order valence-corrected chi connectivity index (χ1v) is 11.0. The normalized spacial score (nSPS) is 24.4. The lowest BCUT2D eigenvalue weighted by Crippen LogP contribution is -2.51. The summed E-state index contributed by atoms with van der Waals surface area (Å²) in [7, 11) is 0. The van der Waals surface area contributed by atoms with Crippen molar-refractivity contribution in [3.05, 3.63) is 12.3 Å². The maximum atomic E-state index is 12.5. The lowest BCUT2D eigenvalue weighted by atomic mass is 9.93. The Hall–Kier alpha value is -1.89. The highest BCUT2D eigenvalue weighted by Gasteiger charge is 2.34. The van der Waals surface area contributed by atoms with Gasteiger partial charge >= 0.3 is 0 Å². The molecule has 154 valence electrons. The van der Waals surface area contributed by atoms with E-state index >= 15 is 0 Å². The Labute approximate surface area is 168 Å². The van der Waals surface area contributed by atoms with Crippen LogP contribution in [0.4, 0.5) is 11.8 Å². The Morgan fingerprint density at radius 2 is 1.93 bits per heavy atom. The van der Waals surface area contributed by atoms with Gasteiger partial charge in [-0.25, -0.2) is 4.98 Å². The molecular formula is C21H34N6O. The summed E-state index contributed by atoms with van der Waals surface area (Å²) in [5.41, 5.74) is 0. The van der Waals surface area contributed by atoms with E-state index in [1.807, 2.05) is 12.3 Å². The number of carbonyl (C=O) groups is 1. The smallest absolute Gasteiger partial charge is 0.227 e. The van der Waals surface area contributed by atoms with Gasteiger partial charge in [-0.15, -0.1) is 0 Å². The van der Waals surface area contributed by atoms with Crippen LogP contribution >= 0.6 is 0 Å². The molecule has 1 aromatic rings. The largest absolute Gasteiger partial charge is 0.368 e. The van der Waals surface area contributed by atoms with Crippen LogP contribution in [0.1, 0.15) is 52.4 Å². The van der Waals surface area contributed by atoms with Crippen molar-refractivity contribution in [2.24, 2.45) is 5.92 Å². The Balaban J connectivity index is 1.29. The standard InChI is InChI=1S/C21H34N6O/c1-15(2)23-19-7-10-22-21(25-19)26-12-8-18(9-13-26)27-11-3-4-16(14-27)20(28)24-17-5-6-17/h7,10,15-18H,3-6,8-9,11-14H2,1-2H3,(H,24,28)(H,22,23,25)/t16-/m1/s1. The number of carbonyl (C=O) groups excluding carboxylic acids is 1. The first-order chi connectivity index (χ1) is 13.6. The van der Waals surface area contributed by atoms with Crippen molar-refractivity contribution in [1.29, 1.82) is 0 Å². The van der Waals surface area contributed by atoms with Crippen LogP contribution in [0.5, 0.6) is 0 Å². The van der Waals surface area contributed by atoms with E-state index in [0.29, 0.717) is 18.1 Å². The second-order valence-electron chi connectivity index (χ2n) is 8.88. The second-order valence-corrected chi connectivity index (χ2v) is 8.88. The fourth-order valence-corrected chi connectivity index (χ4v) is 4.41. The van der Waals surface area contributed by atoms with Crippen molar-refractivity contribution in [2.45, 2.75) is 70.5 Å². The van der Waals surface area contributed by atoms with Gasteiger partial charge in [-0.05, 0) is 65.0 Å². The van der Waals surface area contributed by atoms with Gasteiger partial charge in [-0.1, -0.05) is 0 Å². The number of piperidine rings is 2. The highest BCUT2D eigenvalue weighted by Crippen LogP contribution is 2.27. The van der Waals surface area contributed by atoms with Crippen LogP contribution < -0.4 is 15.5 Å². The summed E-state index contributed by atoms with van der Waals surface area (Å²) < 4.78 is 0. The summed E-state index contributed by atoms with van der Waals surface area (Å²) in [6.07, 6.45) is 8.57. The molecule has 0 spiro atoms. The van der Waals surface area contributed by atoms with Crippen LogP contribution in [-0.4, -0.2) is 65.1 Å². The molecule has 0 bridgehead atoms. The zero-order valence-electron chi connectivity index (χ0n) is 17.2. The molecule has 7 heteroatoms. The number of hydrogen-bond acceptors (Lipinski definition) is 6. The third-order valence-electron chi connectivity index (χ3n) is 6.09. The van der Waals surface area contributed by atoms with E-state index in [1.54, 1.807) is 0 Å². The number of amides is 1. The maximum Gasteiger partial charge on any atom is 0.227 e. The molecule has 1 saturated carbocycles. The Morgan fingerprint density at radius 3 is 2.64 bits per heavy atom. The minimum Gasteiger partial charge on any atom is -0.368 e. The molecule has 7 nitrogen and oxygen atoms in total. The summed E-state index contributed by atoms with van der Waals surface area (Å²) in [6.45, 7) is 8.24. The van der Waals surface area contributed by atoms with E-state index in [2.05, 4.69) is 44.2 Å². The quantitative estimate of drug-likeness (QED) is 0.781. The molecule has 3 aliphatic rings. The van der Waals surface area contributed by atoms with Gasteiger partial charge in [0.05, 0.1) is 5.92 Å². The summed E-state index contributed by atoms with van der Waals surface area (Å²) in [4.78, 5) is 26.5. The second kappa shape index (κ2) is 8.64. The molecule has 1 amide bonds. The molecule has 1 aliphatic carbocycles. The fourth-order valence-electron chi connectivity index (χ4n) is 4.41. The van der Waals surface area contributed by atoms with Crippen molar-refractivity contribution in [1.82, 2.24) is 20.2 Å². The lowest BCUT2D eigenvalue weighted by Gasteiger charge is -2.42. The van der Waals surface area contributed by atoms with Crippen LogP contribution in [0, 0.1) is 5.92 Å². The molecule has 2 saturated heterocycles. The fraction of sp³-hybridized carbons (Fsp3) is 0.762. The number of rotatable bonds is 6. The molecular weight excluding hydrogens is 352 g/mol. The van der Waals surface area contributed by atoms with E-state index < -0.39 is 0 Å². The molecule has 4 rings (SSSR count). The summed E-state index contributed by atoms with van der Waals surface area (Å²) >= 11 is 0. The molecule has 3 heterocycles. The van der Waals surface area contributed by atoms with Gasteiger partial charge in [0.1, 0.15) is 5.82 Å². The minimum absolute atomic E-state index is 0.175. The Kier molecular flexibility index (Phi) is 5.99. The van der Waals surface area contributed by atoms with Crippen LogP contribution in [0.3, 0.4) is 0 Å². The topological polar surface area (TPSA) is 73.4 Å². The van der Waals surface area contributed by atoms with Crippen LogP contribution in [0.15, 0.2) is 12.3 Å². The monoisotopic (exact) mass is 386 g/mol. The zero-order valence-corrected chi connectivity index (χ0v) is 17.2. The van der Waals surface area contributed by atoms with Gasteiger partial charge in [0.15, 0.2) is 0 Å². The number of aromatic nitrogens is 2. The van der Waals surface area contributed by atoms with Gasteiger partial charge < -0.3 is 15.5 Å². The molecule has 1 atom stereocenters. The van der Waals surface area contributed by atoms with E-state index in [9.17, 15) is 4.79 Å². The molecule has 0 aromatic carbocycles. The minimum atomic E-state index is 0.175. The molecule has 2 aliphatic heterocycles. The summed E-state index contributed by atoms with van der Waals surface area (Å²) in [6, 6.07) is 3.33. The highest BCUT2D eigenvalue weighted by molar-refractivity contribution is 5.79. The van der Waals surface area contributed by atoms with Gasteiger partial charge in [0.2, 0.25) is 11.9 Å². The van der Waals surface area contributed by atoms with E-state index in [0.717, 1.165) is 76.5 Å². The van der Waals surface area contributed by atoms with Crippen LogP contribution in [-0.2, 0) is 4.79 Å². The molecule has 1 aromatic heterocycles. The van der Waals surface area contributed by atoms with Crippen LogP contribution in [0.25, 0.3) is 0 Å². The predicted molar refractivity (Wildman–Crippen MR) is 111 cm³/mol. The van der Waals surface area contributed by atoms with Crippen molar-refractivity contribution in [3.8, 4) is 0 Å². The lowest BCUT2D eigenvalue weighted by molar-refractivity contribution is -0.127. The first kappa shape index (κ1) is 19.4. The van der Waals surface area contributed by atoms with E-state index in [4.69, 9.17) is 0 Å².